The fourth-order valence-corrected chi connectivity index (χ4v) is 7.59. The predicted octanol–water partition coefficient (Wildman–Crippen LogP) is 8.32. The number of hydrogen-bond acceptors (Lipinski definition) is 4. The van der Waals surface area contributed by atoms with Crippen molar-refractivity contribution in [3.05, 3.63) is 76.1 Å². The van der Waals surface area contributed by atoms with Crippen molar-refractivity contribution in [2.45, 2.75) is 116 Å². The summed E-state index contributed by atoms with van der Waals surface area (Å²) in [5.74, 6) is 0.352. The lowest BCUT2D eigenvalue weighted by molar-refractivity contribution is 0.0469. The fraction of sp³-hybridized carbons (Fsp3) is 0.576. The third-order valence-electron chi connectivity index (χ3n) is 9.11. The summed E-state index contributed by atoms with van der Waals surface area (Å²) in [6.45, 7) is 20.7. The maximum absolute atomic E-state index is 11.6. The number of nitriles is 1. The van der Waals surface area contributed by atoms with Crippen molar-refractivity contribution in [2.75, 3.05) is 0 Å². The Morgan fingerprint density at radius 1 is 1.16 bits per heavy atom. The highest BCUT2D eigenvalue weighted by molar-refractivity contribution is 6.74. The molecule has 2 aliphatic carbocycles. The highest BCUT2D eigenvalue weighted by atomic mass is 28.4. The van der Waals surface area contributed by atoms with Gasteiger partial charge in [0.2, 0.25) is 0 Å². The predicted molar refractivity (Wildman–Crippen MR) is 158 cm³/mol. The number of aliphatic hydroxyl groups is 1. The van der Waals surface area contributed by atoms with Crippen LogP contribution >= 0.6 is 0 Å². The SMILES string of the molecule is CC(C)c1nc2c(cc1[C@H](O)c1ccc(C#N)cc1)[C@@H](C1(O[Si](C)(C)C(C)(C)C)C=CCC1)CC(C)(C)C2. The van der Waals surface area contributed by atoms with Crippen LogP contribution in [0.4, 0.5) is 0 Å². The Labute approximate surface area is 231 Å². The fourth-order valence-electron chi connectivity index (χ4n) is 6.02. The quantitative estimate of drug-likeness (QED) is 0.301. The molecule has 0 aliphatic heterocycles. The number of aromatic nitrogens is 1. The van der Waals surface area contributed by atoms with E-state index in [1.54, 1.807) is 12.1 Å². The highest BCUT2D eigenvalue weighted by Gasteiger charge is 2.51. The van der Waals surface area contributed by atoms with Gasteiger partial charge in [0.25, 0.3) is 0 Å². The van der Waals surface area contributed by atoms with E-state index >= 15 is 0 Å². The lowest BCUT2D eigenvalue weighted by Gasteiger charge is -2.50. The molecule has 4 nitrogen and oxygen atoms in total. The second-order valence-corrected chi connectivity index (χ2v) is 18.9. The number of benzene rings is 1. The smallest absolute Gasteiger partial charge is 0.193 e. The first-order valence-electron chi connectivity index (χ1n) is 14.2. The minimum atomic E-state index is -2.07. The van der Waals surface area contributed by atoms with Crippen molar-refractivity contribution in [2.24, 2.45) is 5.41 Å². The van der Waals surface area contributed by atoms with Crippen molar-refractivity contribution in [1.29, 1.82) is 5.26 Å². The minimum absolute atomic E-state index is 0.104. The van der Waals surface area contributed by atoms with Crippen molar-refractivity contribution >= 4 is 8.32 Å². The van der Waals surface area contributed by atoms with E-state index in [0.717, 1.165) is 48.2 Å². The lowest BCUT2D eigenvalue weighted by Crippen LogP contribution is -2.52. The normalized spacial score (nSPS) is 23.8. The van der Waals surface area contributed by atoms with Crippen LogP contribution in [0.1, 0.15) is 119 Å². The third-order valence-corrected chi connectivity index (χ3v) is 13.6. The zero-order valence-corrected chi connectivity index (χ0v) is 25.9. The van der Waals surface area contributed by atoms with Gasteiger partial charge in [-0.05, 0) is 84.5 Å². The Hall–Kier alpha value is -2.26. The van der Waals surface area contributed by atoms with Gasteiger partial charge in [-0.15, -0.1) is 0 Å². The Kier molecular flexibility index (Phi) is 7.60. The summed E-state index contributed by atoms with van der Waals surface area (Å²) >= 11 is 0. The van der Waals surface area contributed by atoms with E-state index in [1.165, 1.54) is 5.56 Å². The first kappa shape index (κ1) is 28.7. The van der Waals surface area contributed by atoms with Crippen LogP contribution in [0, 0.1) is 16.7 Å². The van der Waals surface area contributed by atoms with Gasteiger partial charge in [0.15, 0.2) is 8.32 Å². The number of hydrogen-bond donors (Lipinski definition) is 1. The Balaban J connectivity index is 1.88. The topological polar surface area (TPSA) is 66.1 Å². The molecule has 1 heterocycles. The van der Waals surface area contributed by atoms with Crippen LogP contribution in [-0.2, 0) is 10.8 Å². The molecule has 5 heteroatoms. The second kappa shape index (κ2) is 10.0. The summed E-state index contributed by atoms with van der Waals surface area (Å²) in [5, 5.41) is 21.0. The largest absolute Gasteiger partial charge is 0.407 e. The molecule has 0 bridgehead atoms. The first-order chi connectivity index (χ1) is 17.6. The molecule has 0 amide bonds. The summed E-state index contributed by atoms with van der Waals surface area (Å²) in [5.41, 5.74) is 5.35. The summed E-state index contributed by atoms with van der Waals surface area (Å²) in [4.78, 5) is 5.31. The van der Waals surface area contributed by atoms with Gasteiger partial charge in [-0.1, -0.05) is 72.8 Å². The van der Waals surface area contributed by atoms with Crippen molar-refractivity contribution in [3.8, 4) is 6.07 Å². The highest BCUT2D eigenvalue weighted by Crippen LogP contribution is 2.54. The molecule has 0 radical (unpaired) electrons. The van der Waals surface area contributed by atoms with Crippen LogP contribution in [0.5, 0.6) is 0 Å². The molecule has 4 rings (SSSR count). The summed E-state index contributed by atoms with van der Waals surface area (Å²) < 4.78 is 7.36. The van der Waals surface area contributed by atoms with E-state index in [4.69, 9.17) is 9.41 Å². The van der Waals surface area contributed by atoms with E-state index in [0.29, 0.717) is 5.56 Å². The second-order valence-electron chi connectivity index (χ2n) is 14.1. The lowest BCUT2D eigenvalue weighted by atomic mass is 9.64. The summed E-state index contributed by atoms with van der Waals surface area (Å²) in [6, 6.07) is 11.7. The molecule has 2 aliphatic rings. The molecule has 1 N–H and O–H groups in total. The molecular formula is C33H46N2O2Si. The zero-order valence-electron chi connectivity index (χ0n) is 24.9. The van der Waals surface area contributed by atoms with Gasteiger partial charge in [0.1, 0.15) is 6.10 Å². The first-order valence-corrected chi connectivity index (χ1v) is 17.1. The molecule has 38 heavy (non-hydrogen) atoms. The molecule has 0 saturated carbocycles. The monoisotopic (exact) mass is 530 g/mol. The van der Waals surface area contributed by atoms with Gasteiger partial charge in [0.05, 0.1) is 17.2 Å². The molecular weight excluding hydrogens is 484 g/mol. The maximum Gasteiger partial charge on any atom is 0.193 e. The van der Waals surface area contributed by atoms with Crippen LogP contribution in [0.15, 0.2) is 42.5 Å². The van der Waals surface area contributed by atoms with Gasteiger partial charge in [-0.2, -0.15) is 5.26 Å². The molecule has 0 spiro atoms. The van der Waals surface area contributed by atoms with E-state index in [2.05, 4.69) is 85.8 Å². The number of rotatable bonds is 6. The molecule has 0 saturated heterocycles. The zero-order chi connectivity index (χ0) is 28.1. The number of allylic oxidation sites excluding steroid dienone is 1. The molecule has 2 aromatic rings. The van der Waals surface area contributed by atoms with Gasteiger partial charge < -0.3 is 9.53 Å². The number of nitrogens with zero attached hydrogens (tertiary/aromatic N) is 2. The average molecular weight is 531 g/mol. The van der Waals surface area contributed by atoms with E-state index in [-0.39, 0.29) is 27.9 Å². The van der Waals surface area contributed by atoms with Crippen LogP contribution in [0.25, 0.3) is 0 Å². The summed E-state index contributed by atoms with van der Waals surface area (Å²) in [6.07, 6.45) is 7.82. The van der Waals surface area contributed by atoms with Gasteiger partial charge in [-0.3, -0.25) is 4.98 Å². The number of fused-ring (bicyclic) bond motifs is 1. The maximum atomic E-state index is 11.6. The molecule has 1 aromatic heterocycles. The van der Waals surface area contributed by atoms with Gasteiger partial charge in [-0.25, -0.2) is 0 Å². The standard InChI is InChI=1S/C33H46N2O2Si/c1-22(2)29-26(30(36)24-14-12-23(21-34)13-15-24)18-25-27(19-32(6,7)20-28(25)35-29)33(16-10-11-17-33)37-38(8,9)31(3,4)5/h10,12-16,18,22,27,30,36H,11,17,19-20H2,1-9H3/t27-,30+,33?/m0/s1. The molecule has 204 valence electrons. The minimum Gasteiger partial charge on any atom is -0.407 e. The van der Waals surface area contributed by atoms with Crippen LogP contribution in [0.3, 0.4) is 0 Å². The van der Waals surface area contributed by atoms with E-state index < -0.39 is 14.4 Å². The Morgan fingerprint density at radius 2 is 1.82 bits per heavy atom. The van der Waals surface area contributed by atoms with Crippen LogP contribution < -0.4 is 0 Å². The van der Waals surface area contributed by atoms with Gasteiger partial charge in [0, 0.05) is 22.9 Å². The Morgan fingerprint density at radius 3 is 2.34 bits per heavy atom. The van der Waals surface area contributed by atoms with Crippen LogP contribution in [0.2, 0.25) is 18.1 Å². The van der Waals surface area contributed by atoms with E-state index in [9.17, 15) is 10.4 Å². The van der Waals surface area contributed by atoms with Crippen molar-refractivity contribution in [1.82, 2.24) is 4.98 Å². The Bertz CT molecular complexity index is 1250. The number of pyridine rings is 1. The molecule has 1 aromatic carbocycles. The average Bonchev–Trinajstić information content (AvgIpc) is 3.30. The molecule has 0 fully saturated rings. The third kappa shape index (κ3) is 5.41. The summed E-state index contributed by atoms with van der Waals surface area (Å²) in [7, 11) is -2.07. The van der Waals surface area contributed by atoms with Crippen molar-refractivity contribution < 1.29 is 9.53 Å². The van der Waals surface area contributed by atoms with Crippen molar-refractivity contribution in [3.63, 3.8) is 0 Å². The molecule has 3 atom stereocenters. The molecule has 1 unspecified atom stereocenters. The number of aliphatic hydroxyl groups excluding tert-OH is 1. The van der Waals surface area contributed by atoms with E-state index in [1.807, 2.05) is 12.1 Å². The van der Waals surface area contributed by atoms with Gasteiger partial charge >= 0.3 is 0 Å². The van der Waals surface area contributed by atoms with Crippen LogP contribution in [-0.4, -0.2) is 24.0 Å².